The Hall–Kier alpha value is -4.00. The summed E-state index contributed by atoms with van der Waals surface area (Å²) in [5.74, 6) is 0.701. The Bertz CT molecular complexity index is 1490. The van der Waals surface area contributed by atoms with Gasteiger partial charge in [0.15, 0.2) is 5.65 Å². The largest absolute Gasteiger partial charge is 0.496 e. The van der Waals surface area contributed by atoms with E-state index >= 15 is 0 Å². The molecule has 0 atom stereocenters. The van der Waals surface area contributed by atoms with Crippen LogP contribution in [0.25, 0.3) is 22.5 Å². The van der Waals surface area contributed by atoms with Crippen molar-refractivity contribution in [2.75, 3.05) is 24.8 Å². The van der Waals surface area contributed by atoms with Gasteiger partial charge >= 0.3 is 5.69 Å². The maximum Gasteiger partial charge on any atom is 0.339 e. The average molecular weight is 456 g/mol. The number of benzene rings is 2. The first-order valence-electron chi connectivity index (χ1n) is 11.3. The smallest absolute Gasteiger partial charge is 0.339 e. The number of fused-ring (bicyclic) bond motifs is 1. The van der Waals surface area contributed by atoms with Crippen molar-refractivity contribution in [3.05, 3.63) is 82.9 Å². The molecule has 7 nitrogen and oxygen atoms in total. The highest BCUT2D eigenvalue weighted by molar-refractivity contribution is 5.89. The normalized spacial score (nSPS) is 14.2. The molecule has 1 aliphatic carbocycles. The molecule has 0 saturated heterocycles. The molecule has 0 amide bonds. The van der Waals surface area contributed by atoms with E-state index in [1.165, 1.54) is 0 Å². The van der Waals surface area contributed by atoms with Crippen molar-refractivity contribution >= 4 is 22.5 Å². The molecule has 1 aliphatic rings. The van der Waals surface area contributed by atoms with Gasteiger partial charge in [-0.05, 0) is 62.1 Å². The number of hydrogen-bond acceptors (Lipinski definition) is 5. The van der Waals surface area contributed by atoms with Gasteiger partial charge in [-0.1, -0.05) is 18.2 Å². The van der Waals surface area contributed by atoms with E-state index in [0.29, 0.717) is 28.3 Å². The molecule has 174 valence electrons. The number of hydrogen-bond donors (Lipinski definition) is 1. The maximum atomic E-state index is 13.9. The van der Waals surface area contributed by atoms with Crippen LogP contribution < -0.4 is 21.1 Å². The molecule has 0 spiro atoms. The van der Waals surface area contributed by atoms with Crippen LogP contribution in [0.2, 0.25) is 0 Å². The minimum atomic E-state index is -0.240. The van der Waals surface area contributed by atoms with Crippen LogP contribution in [-0.2, 0) is 0 Å². The number of nitrogens with zero attached hydrogens (tertiary/aromatic N) is 4. The minimum Gasteiger partial charge on any atom is -0.496 e. The summed E-state index contributed by atoms with van der Waals surface area (Å²) < 4.78 is 8.76. The van der Waals surface area contributed by atoms with Gasteiger partial charge in [0.25, 0.3) is 0 Å². The maximum absolute atomic E-state index is 13.9. The first-order chi connectivity index (χ1) is 16.3. The van der Waals surface area contributed by atoms with Crippen molar-refractivity contribution in [3.8, 4) is 17.1 Å². The predicted octanol–water partition coefficient (Wildman–Crippen LogP) is 4.54. The second kappa shape index (κ2) is 7.80. The van der Waals surface area contributed by atoms with Crippen LogP contribution in [0.1, 0.15) is 24.0 Å². The Morgan fingerprint density at radius 1 is 1.12 bits per heavy atom. The van der Waals surface area contributed by atoms with E-state index in [0.717, 1.165) is 35.3 Å². The van der Waals surface area contributed by atoms with Crippen molar-refractivity contribution in [1.82, 2.24) is 14.1 Å². The molecule has 2 heterocycles. The zero-order chi connectivity index (χ0) is 24.2. The third-order valence-corrected chi connectivity index (χ3v) is 7.03. The molecule has 4 aromatic rings. The van der Waals surface area contributed by atoms with Gasteiger partial charge in [-0.2, -0.15) is 0 Å². The van der Waals surface area contributed by atoms with Gasteiger partial charge in [-0.3, -0.25) is 4.57 Å². The van der Waals surface area contributed by atoms with E-state index in [-0.39, 0.29) is 11.2 Å². The number of imidazole rings is 1. The lowest BCUT2D eigenvalue weighted by Crippen LogP contribution is -2.31. The van der Waals surface area contributed by atoms with Gasteiger partial charge in [0.05, 0.1) is 29.7 Å². The third-order valence-electron chi connectivity index (χ3n) is 7.03. The van der Waals surface area contributed by atoms with Gasteiger partial charge in [-0.15, -0.1) is 6.58 Å². The molecule has 5 rings (SSSR count). The highest BCUT2D eigenvalue weighted by Gasteiger charge is 2.43. The van der Waals surface area contributed by atoms with E-state index < -0.39 is 0 Å². The fourth-order valence-electron chi connectivity index (χ4n) is 4.59. The van der Waals surface area contributed by atoms with E-state index in [9.17, 15) is 4.79 Å². The fraction of sp³-hybridized carbons (Fsp3) is 0.259. The zero-order valence-electron chi connectivity index (χ0n) is 20.0. The number of aromatic nitrogens is 3. The van der Waals surface area contributed by atoms with Crippen LogP contribution in [0.4, 0.5) is 11.4 Å². The topological polar surface area (TPSA) is 78.3 Å². The number of aryl methyl sites for hydroxylation is 2. The van der Waals surface area contributed by atoms with Gasteiger partial charge in [0, 0.05) is 25.0 Å². The number of nitrogen functional groups attached to an aromatic ring is 1. The number of nitrogens with two attached hydrogens (primary N) is 1. The molecule has 1 fully saturated rings. The highest BCUT2D eigenvalue weighted by Crippen LogP contribution is 2.44. The summed E-state index contributed by atoms with van der Waals surface area (Å²) >= 11 is 0. The van der Waals surface area contributed by atoms with Crippen LogP contribution in [0.15, 0.2) is 66.1 Å². The van der Waals surface area contributed by atoms with Crippen LogP contribution in [0, 0.1) is 13.8 Å². The number of likely N-dealkylation sites (N-methyl/N-ethyl adjacent to an activating group) is 1. The van der Waals surface area contributed by atoms with Crippen molar-refractivity contribution < 1.29 is 4.74 Å². The second-order valence-corrected chi connectivity index (χ2v) is 9.02. The molecule has 0 bridgehead atoms. The lowest BCUT2D eigenvalue weighted by molar-refractivity contribution is 0.411. The van der Waals surface area contributed by atoms with Gasteiger partial charge < -0.3 is 15.4 Å². The van der Waals surface area contributed by atoms with Crippen LogP contribution in [0.5, 0.6) is 5.75 Å². The lowest BCUT2D eigenvalue weighted by Gasteiger charge is -2.28. The lowest BCUT2D eigenvalue weighted by atomic mass is 10.2. The van der Waals surface area contributed by atoms with Crippen molar-refractivity contribution in [3.63, 3.8) is 0 Å². The number of pyridine rings is 1. The summed E-state index contributed by atoms with van der Waals surface area (Å²) in [6.45, 7) is 7.88. The summed E-state index contributed by atoms with van der Waals surface area (Å²) in [5, 5.41) is 0. The Morgan fingerprint density at radius 2 is 1.85 bits per heavy atom. The number of methoxy groups -OCH3 is 1. The van der Waals surface area contributed by atoms with Crippen LogP contribution in [0.3, 0.4) is 0 Å². The highest BCUT2D eigenvalue weighted by atomic mass is 16.5. The van der Waals surface area contributed by atoms with E-state index in [2.05, 4.69) is 23.5 Å². The first kappa shape index (κ1) is 21.8. The van der Waals surface area contributed by atoms with Gasteiger partial charge in [0.2, 0.25) is 0 Å². The standard InChI is InChI=1S/C27H29N5O2/c1-6-27(12-13-27)30(4)19-8-7-9-20(14-19)32-25-24(23(28)18(3)16-29-25)31(26(32)33)21-11-10-17(2)22(15-21)34-5/h6-11,14-16H,1,12-13H2,2-5H3,(H2,28,29). The first-order valence-corrected chi connectivity index (χ1v) is 11.3. The zero-order valence-corrected chi connectivity index (χ0v) is 20.0. The summed E-state index contributed by atoms with van der Waals surface area (Å²) in [6, 6.07) is 13.6. The summed E-state index contributed by atoms with van der Waals surface area (Å²) in [5.41, 5.74) is 12.1. The van der Waals surface area contributed by atoms with Gasteiger partial charge in [-0.25, -0.2) is 14.3 Å². The number of rotatable bonds is 6. The van der Waals surface area contributed by atoms with E-state index in [4.69, 9.17) is 10.5 Å². The molecule has 7 heteroatoms. The predicted molar refractivity (Wildman–Crippen MR) is 138 cm³/mol. The molecule has 1 saturated carbocycles. The molecular weight excluding hydrogens is 426 g/mol. The monoisotopic (exact) mass is 455 g/mol. The quantitative estimate of drug-likeness (QED) is 0.432. The number of ether oxygens (including phenoxy) is 1. The molecule has 34 heavy (non-hydrogen) atoms. The Labute approximate surface area is 198 Å². The summed E-state index contributed by atoms with van der Waals surface area (Å²) in [6.07, 6.45) is 5.86. The van der Waals surface area contributed by atoms with Crippen molar-refractivity contribution in [1.29, 1.82) is 0 Å². The molecule has 2 N–H and O–H groups in total. The SMILES string of the molecule is C=CC1(N(C)c2cccc(-n3c(=O)n(-c4ccc(C)c(OC)c4)c4c(N)c(C)cnc43)c2)CC1. The molecule has 0 radical (unpaired) electrons. The average Bonchev–Trinajstić information content (AvgIpc) is 3.59. The fourth-order valence-corrected chi connectivity index (χ4v) is 4.59. The van der Waals surface area contributed by atoms with E-state index in [1.54, 1.807) is 22.4 Å². The number of anilines is 2. The summed E-state index contributed by atoms with van der Waals surface area (Å²) in [4.78, 5) is 20.8. The summed E-state index contributed by atoms with van der Waals surface area (Å²) in [7, 11) is 3.69. The third kappa shape index (κ3) is 3.19. The molecule has 2 aromatic carbocycles. The minimum absolute atomic E-state index is 0.0180. The molecule has 0 unspecified atom stereocenters. The van der Waals surface area contributed by atoms with Crippen LogP contribution in [-0.4, -0.2) is 33.8 Å². The Kier molecular flexibility index (Phi) is 5.01. The second-order valence-electron chi connectivity index (χ2n) is 9.02. The van der Waals surface area contributed by atoms with Crippen LogP contribution >= 0.6 is 0 Å². The van der Waals surface area contributed by atoms with Crippen molar-refractivity contribution in [2.45, 2.75) is 32.2 Å². The molecule has 2 aromatic heterocycles. The van der Waals surface area contributed by atoms with E-state index in [1.807, 2.05) is 62.4 Å². The molecule has 0 aliphatic heterocycles. The van der Waals surface area contributed by atoms with Gasteiger partial charge in [0.1, 0.15) is 11.3 Å². The Morgan fingerprint density at radius 3 is 2.53 bits per heavy atom. The molecular formula is C27H29N5O2. The van der Waals surface area contributed by atoms with Crippen molar-refractivity contribution in [2.24, 2.45) is 0 Å². The Balaban J connectivity index is 1.77.